The van der Waals surface area contributed by atoms with Gasteiger partial charge in [0.2, 0.25) is 0 Å². The van der Waals surface area contributed by atoms with E-state index in [-0.39, 0.29) is 12.0 Å². The van der Waals surface area contributed by atoms with Crippen LogP contribution in [0.3, 0.4) is 0 Å². The monoisotopic (exact) mass is 394 g/mol. The van der Waals surface area contributed by atoms with Crippen molar-refractivity contribution in [3.05, 3.63) is 59.9 Å². The van der Waals surface area contributed by atoms with Gasteiger partial charge in [-0.25, -0.2) is 0 Å². The van der Waals surface area contributed by atoms with Gasteiger partial charge in [-0.1, -0.05) is 50.3 Å². The average Bonchev–Trinajstić information content (AvgIpc) is 3.41. The summed E-state index contributed by atoms with van der Waals surface area (Å²) >= 11 is 0. The van der Waals surface area contributed by atoms with Crippen LogP contribution in [0, 0.1) is 17.3 Å². The van der Waals surface area contributed by atoms with E-state index in [1.807, 2.05) is 12.3 Å². The van der Waals surface area contributed by atoms with Gasteiger partial charge in [-0.05, 0) is 35.5 Å². The minimum Gasteiger partial charge on any atom is -0.396 e. The van der Waals surface area contributed by atoms with Crippen LogP contribution < -0.4 is 0 Å². The quantitative estimate of drug-likeness (QED) is 0.722. The molecule has 2 unspecified atom stereocenters. The Morgan fingerprint density at radius 1 is 1.21 bits per heavy atom. The first-order valence-electron chi connectivity index (χ1n) is 10.9. The van der Waals surface area contributed by atoms with E-state index in [9.17, 15) is 5.11 Å². The Hall–Kier alpha value is -1.95. The van der Waals surface area contributed by atoms with Crippen molar-refractivity contribution in [1.82, 2.24) is 20.0 Å². The third-order valence-electron chi connectivity index (χ3n) is 6.54. The molecule has 5 heteroatoms. The molecule has 0 radical (unpaired) electrons. The third kappa shape index (κ3) is 4.63. The maximum atomic E-state index is 10.3. The van der Waals surface area contributed by atoms with Crippen LogP contribution in [0.2, 0.25) is 0 Å². The van der Waals surface area contributed by atoms with E-state index in [0.29, 0.717) is 11.8 Å². The number of aliphatic hydroxyl groups excluding tert-OH is 1. The van der Waals surface area contributed by atoms with Gasteiger partial charge in [0.15, 0.2) is 0 Å². The topological polar surface area (TPSA) is 55.4 Å². The zero-order valence-electron chi connectivity index (χ0n) is 17.7. The number of H-pyrrole nitrogens is 1. The number of rotatable bonds is 8. The maximum absolute atomic E-state index is 10.3. The average molecular weight is 395 g/mol. The SMILES string of the molecule is CC(C)CC=C(CN1CC2CN(Cc3ccn[nH]3)CC2(CO)C1)c1ccccc1. The summed E-state index contributed by atoms with van der Waals surface area (Å²) in [5, 5.41) is 17.5. The number of benzene rings is 1. The molecule has 2 saturated heterocycles. The molecule has 2 aromatic rings. The Balaban J connectivity index is 1.43. The Morgan fingerprint density at radius 2 is 1.97 bits per heavy atom. The van der Waals surface area contributed by atoms with Gasteiger partial charge in [0.1, 0.15) is 0 Å². The van der Waals surface area contributed by atoms with Crippen molar-refractivity contribution in [2.24, 2.45) is 17.3 Å². The minimum atomic E-state index is -0.000132. The van der Waals surface area contributed by atoms with Crippen LogP contribution in [0.4, 0.5) is 0 Å². The summed E-state index contributed by atoms with van der Waals surface area (Å²) in [4.78, 5) is 5.03. The summed E-state index contributed by atoms with van der Waals surface area (Å²) in [6.07, 6.45) is 5.33. The number of nitrogens with zero attached hydrogens (tertiary/aromatic N) is 3. The van der Waals surface area contributed by atoms with E-state index in [4.69, 9.17) is 0 Å². The minimum absolute atomic E-state index is 0.000132. The molecule has 1 aromatic heterocycles. The van der Waals surface area contributed by atoms with Crippen LogP contribution >= 0.6 is 0 Å². The highest BCUT2D eigenvalue weighted by Crippen LogP contribution is 2.43. The number of allylic oxidation sites excluding steroid dienone is 1. The van der Waals surface area contributed by atoms with Crippen LogP contribution in [0.1, 0.15) is 31.5 Å². The van der Waals surface area contributed by atoms with E-state index in [1.54, 1.807) is 0 Å². The standard InChI is InChI=1S/C24H34N4O/c1-19(2)8-9-21(20-6-4-3-5-7-20)12-27-13-22-14-28(15-23-10-11-25-26-23)17-24(22,16-27)18-29/h3-7,9-11,19,22,29H,8,12-18H2,1-2H3,(H,25,26). The molecule has 0 amide bonds. The maximum Gasteiger partial charge on any atom is 0.0515 e. The molecule has 29 heavy (non-hydrogen) atoms. The summed E-state index contributed by atoms with van der Waals surface area (Å²) in [7, 11) is 0. The molecule has 2 aliphatic heterocycles. The van der Waals surface area contributed by atoms with Crippen molar-refractivity contribution in [3.63, 3.8) is 0 Å². The van der Waals surface area contributed by atoms with E-state index >= 15 is 0 Å². The molecule has 5 nitrogen and oxygen atoms in total. The molecule has 3 heterocycles. The predicted octanol–water partition coefficient (Wildman–Crippen LogP) is 3.27. The van der Waals surface area contributed by atoms with Gasteiger partial charge in [-0.2, -0.15) is 5.10 Å². The molecule has 2 N–H and O–H groups in total. The molecule has 1 aromatic carbocycles. The Kier molecular flexibility index (Phi) is 6.18. The second-order valence-corrected chi connectivity index (χ2v) is 9.36. The first kappa shape index (κ1) is 20.3. The number of fused-ring (bicyclic) bond motifs is 1. The van der Waals surface area contributed by atoms with E-state index in [1.165, 1.54) is 11.1 Å². The van der Waals surface area contributed by atoms with E-state index in [2.05, 4.69) is 70.3 Å². The summed E-state index contributed by atoms with van der Waals surface area (Å²) in [6, 6.07) is 12.8. The molecular weight excluding hydrogens is 360 g/mol. The highest BCUT2D eigenvalue weighted by molar-refractivity contribution is 5.67. The second-order valence-electron chi connectivity index (χ2n) is 9.36. The predicted molar refractivity (Wildman–Crippen MR) is 117 cm³/mol. The lowest BCUT2D eigenvalue weighted by Crippen LogP contribution is -2.37. The van der Waals surface area contributed by atoms with Gasteiger partial charge in [-0.3, -0.25) is 14.9 Å². The lowest BCUT2D eigenvalue weighted by molar-refractivity contribution is 0.113. The highest BCUT2D eigenvalue weighted by Gasteiger charge is 2.51. The van der Waals surface area contributed by atoms with Crippen molar-refractivity contribution < 1.29 is 5.11 Å². The Labute approximate surface area is 174 Å². The fourth-order valence-electron chi connectivity index (χ4n) is 5.02. The van der Waals surface area contributed by atoms with E-state index < -0.39 is 0 Å². The molecular formula is C24H34N4O. The Bertz CT molecular complexity index is 802. The van der Waals surface area contributed by atoms with Gasteiger partial charge < -0.3 is 5.11 Å². The van der Waals surface area contributed by atoms with Crippen molar-refractivity contribution in [2.45, 2.75) is 26.8 Å². The normalized spacial score (nSPS) is 25.8. The van der Waals surface area contributed by atoms with Crippen LogP contribution in [0.25, 0.3) is 5.57 Å². The van der Waals surface area contributed by atoms with Crippen molar-refractivity contribution in [2.75, 3.05) is 39.3 Å². The van der Waals surface area contributed by atoms with Crippen LogP contribution in [-0.2, 0) is 6.54 Å². The summed E-state index contributed by atoms with van der Waals surface area (Å²) in [5.74, 6) is 1.18. The molecule has 0 aliphatic carbocycles. The molecule has 2 aliphatic rings. The molecule has 2 atom stereocenters. The number of aromatic nitrogens is 2. The molecule has 2 fully saturated rings. The van der Waals surface area contributed by atoms with Crippen LogP contribution in [0.15, 0.2) is 48.7 Å². The number of likely N-dealkylation sites (tertiary alicyclic amines) is 2. The van der Waals surface area contributed by atoms with Crippen molar-refractivity contribution in [1.29, 1.82) is 0 Å². The van der Waals surface area contributed by atoms with Gasteiger partial charge >= 0.3 is 0 Å². The Morgan fingerprint density at radius 3 is 2.62 bits per heavy atom. The number of nitrogens with one attached hydrogen (secondary N) is 1. The molecule has 156 valence electrons. The van der Waals surface area contributed by atoms with Gasteiger partial charge in [0, 0.05) is 56.6 Å². The number of hydrogen-bond donors (Lipinski definition) is 2. The van der Waals surface area contributed by atoms with Crippen molar-refractivity contribution >= 4 is 5.57 Å². The first-order chi connectivity index (χ1) is 14.1. The third-order valence-corrected chi connectivity index (χ3v) is 6.54. The van der Waals surface area contributed by atoms with Crippen molar-refractivity contribution in [3.8, 4) is 0 Å². The fraction of sp³-hybridized carbons (Fsp3) is 0.542. The van der Waals surface area contributed by atoms with Crippen LogP contribution in [0.5, 0.6) is 0 Å². The summed E-state index contributed by atoms with van der Waals surface area (Å²) in [6.45, 7) is 10.7. The van der Waals surface area contributed by atoms with Gasteiger partial charge in [0.25, 0.3) is 0 Å². The molecule has 4 rings (SSSR count). The number of hydrogen-bond acceptors (Lipinski definition) is 4. The lowest BCUT2D eigenvalue weighted by atomic mass is 9.82. The highest BCUT2D eigenvalue weighted by atomic mass is 16.3. The second kappa shape index (κ2) is 8.82. The van der Waals surface area contributed by atoms with Gasteiger partial charge in [0.05, 0.1) is 6.61 Å². The smallest absolute Gasteiger partial charge is 0.0515 e. The van der Waals surface area contributed by atoms with Crippen LogP contribution in [-0.4, -0.2) is 64.4 Å². The molecule has 0 saturated carbocycles. The zero-order valence-corrected chi connectivity index (χ0v) is 17.7. The van der Waals surface area contributed by atoms with Gasteiger partial charge in [-0.15, -0.1) is 0 Å². The number of aliphatic hydroxyl groups is 1. The summed E-state index contributed by atoms with van der Waals surface area (Å²) in [5.41, 5.74) is 3.89. The molecule has 0 bridgehead atoms. The first-order valence-corrected chi connectivity index (χ1v) is 10.9. The largest absolute Gasteiger partial charge is 0.396 e. The lowest BCUT2D eigenvalue weighted by Gasteiger charge is -2.28. The fourth-order valence-corrected chi connectivity index (χ4v) is 5.02. The zero-order chi connectivity index (χ0) is 20.3. The number of aromatic amines is 1. The van der Waals surface area contributed by atoms with E-state index in [0.717, 1.165) is 51.4 Å². The summed E-state index contributed by atoms with van der Waals surface area (Å²) < 4.78 is 0. The molecule has 0 spiro atoms.